The van der Waals surface area contributed by atoms with Gasteiger partial charge in [-0.1, -0.05) is 24.3 Å². The molecule has 254 valence electrons. The summed E-state index contributed by atoms with van der Waals surface area (Å²) in [6, 6.07) is 16.2. The van der Waals surface area contributed by atoms with Crippen LogP contribution in [0.1, 0.15) is 47.3 Å². The normalized spacial score (nSPS) is 20.9. The molecule has 1 N–H and O–H groups in total. The first-order chi connectivity index (χ1) is 23.2. The Morgan fingerprint density at radius 2 is 1.85 bits per heavy atom. The van der Waals surface area contributed by atoms with E-state index in [-0.39, 0.29) is 30.8 Å². The number of carbonyl (C=O) groups is 2. The highest BCUT2D eigenvalue weighted by molar-refractivity contribution is 7.92. The van der Waals surface area contributed by atoms with Crippen LogP contribution in [0.25, 0.3) is 21.8 Å². The van der Waals surface area contributed by atoms with Crippen molar-refractivity contribution in [3.8, 4) is 33.3 Å². The third-order valence-corrected chi connectivity index (χ3v) is 12.7. The van der Waals surface area contributed by atoms with Gasteiger partial charge in [-0.05, 0) is 55.2 Å². The van der Waals surface area contributed by atoms with Crippen molar-refractivity contribution in [2.45, 2.75) is 43.1 Å². The molecule has 0 saturated carbocycles. The molecule has 0 radical (unpaired) electrons. The van der Waals surface area contributed by atoms with Crippen LogP contribution in [0.5, 0.6) is 11.5 Å². The van der Waals surface area contributed by atoms with Gasteiger partial charge in [0.2, 0.25) is 5.91 Å². The Hall–Kier alpha value is -4.24. The first kappa shape index (κ1) is 33.7. The van der Waals surface area contributed by atoms with E-state index in [1.54, 1.807) is 30.5 Å². The maximum Gasteiger partial charge on any atom is 0.257 e. The highest BCUT2D eigenvalue weighted by Gasteiger charge is 2.50. The summed E-state index contributed by atoms with van der Waals surface area (Å²) in [7, 11) is -1.04. The fourth-order valence-corrected chi connectivity index (χ4v) is 9.66. The number of rotatable bonds is 10. The van der Waals surface area contributed by atoms with E-state index < -0.39 is 39.1 Å². The van der Waals surface area contributed by atoms with Crippen LogP contribution in [0.4, 0.5) is 0 Å². The second kappa shape index (κ2) is 14.5. The van der Waals surface area contributed by atoms with Crippen LogP contribution < -0.4 is 15.0 Å². The number of nitrogens with zero attached hydrogens (tertiary/aromatic N) is 2. The summed E-state index contributed by atoms with van der Waals surface area (Å²) in [5, 5.41) is 0. The minimum atomic E-state index is -4.00. The molecule has 6 rings (SSSR count). The second-order valence-electron chi connectivity index (χ2n) is 11.6. The highest BCUT2D eigenvalue weighted by atomic mass is 32.2. The number of methoxy groups -OCH3 is 2. The van der Waals surface area contributed by atoms with Gasteiger partial charge >= 0.3 is 0 Å². The van der Waals surface area contributed by atoms with Crippen molar-refractivity contribution in [2.75, 3.05) is 39.7 Å². The second-order valence-corrected chi connectivity index (χ2v) is 15.1. The van der Waals surface area contributed by atoms with Crippen LogP contribution in [0.2, 0.25) is 0 Å². The van der Waals surface area contributed by atoms with Crippen molar-refractivity contribution in [3.05, 3.63) is 77.6 Å². The molecule has 0 aliphatic carbocycles. The van der Waals surface area contributed by atoms with Crippen LogP contribution in [0.3, 0.4) is 0 Å². The minimum Gasteiger partial charge on any atom is -0.497 e. The predicted octanol–water partition coefficient (Wildman–Crippen LogP) is 5.21. The van der Waals surface area contributed by atoms with E-state index in [2.05, 4.69) is 10.5 Å². The van der Waals surface area contributed by atoms with E-state index in [0.717, 1.165) is 28.8 Å². The number of thiophene rings is 1. The summed E-state index contributed by atoms with van der Waals surface area (Å²) in [5.74, 6) is 0.122. The minimum absolute atomic E-state index is 0.00884. The molecule has 2 atom stereocenters. The van der Waals surface area contributed by atoms with E-state index in [1.807, 2.05) is 30.3 Å². The summed E-state index contributed by atoms with van der Waals surface area (Å²) >= 11 is 1.31. The fraction of sp³-hybridized carbons (Fsp3) is 0.382. The number of nitrogens with one attached hydrogen (secondary N) is 1. The molecule has 0 bridgehead atoms. The van der Waals surface area contributed by atoms with Gasteiger partial charge in [0.25, 0.3) is 5.91 Å². The van der Waals surface area contributed by atoms with Crippen LogP contribution in [0, 0.1) is 0 Å². The van der Waals surface area contributed by atoms with Crippen molar-refractivity contribution < 1.29 is 41.5 Å². The number of carbonyl (C=O) groups excluding carboxylic acids is 2. The van der Waals surface area contributed by atoms with Crippen LogP contribution >= 0.6 is 11.3 Å². The van der Waals surface area contributed by atoms with Crippen molar-refractivity contribution in [3.63, 3.8) is 0 Å². The molecule has 2 saturated heterocycles. The summed E-state index contributed by atoms with van der Waals surface area (Å²) in [4.78, 5) is 39.6. The number of hydroxylamine groups is 1. The number of ether oxygens (including phenoxy) is 3. The lowest BCUT2D eigenvalue weighted by atomic mass is 9.97. The Balaban J connectivity index is 1.31. The van der Waals surface area contributed by atoms with Crippen molar-refractivity contribution in [2.24, 2.45) is 0 Å². The summed E-state index contributed by atoms with van der Waals surface area (Å²) in [5.41, 5.74) is 4.43. The first-order valence-corrected chi connectivity index (χ1v) is 18.1. The Morgan fingerprint density at radius 3 is 2.56 bits per heavy atom. The number of amides is 2. The SMILES string of the molecule is COc1ccc(OC)c(C(=O)N2CCC(CC(=O)NOC3CCCCO3)(c3ccc(-c4ccc(-c5cnco5)cc4)s3)S(=O)(=O)CC2)c1. The molecule has 0 spiro atoms. The number of oxazole rings is 1. The lowest BCUT2D eigenvalue weighted by Gasteiger charge is -2.31. The molecule has 48 heavy (non-hydrogen) atoms. The Bertz CT molecular complexity index is 1840. The fourth-order valence-electron chi connectivity index (χ4n) is 6.05. The van der Waals surface area contributed by atoms with Crippen molar-refractivity contribution in [1.82, 2.24) is 15.4 Å². The lowest BCUT2D eigenvalue weighted by Crippen LogP contribution is -2.43. The standard InChI is InChI=1S/C34H37N3O9S2/c1-42-25-10-11-27(43-2)26(19-25)33(39)37-15-14-34(48(40,41)18-16-37,20-31(38)36-46-32-5-3-4-17-44-32)30-13-12-29(47-30)24-8-6-23(7-9-24)28-21-35-22-45-28/h6-13,19,21-22,32H,3-5,14-18,20H2,1-2H3,(H,36,38). The Morgan fingerprint density at radius 1 is 1.04 bits per heavy atom. The molecule has 12 nitrogen and oxygen atoms in total. The molecular formula is C34H37N3O9S2. The predicted molar refractivity (Wildman–Crippen MR) is 178 cm³/mol. The maximum atomic E-state index is 14.4. The monoisotopic (exact) mass is 695 g/mol. The number of sulfone groups is 1. The van der Waals surface area contributed by atoms with Gasteiger partial charge in [-0.2, -0.15) is 0 Å². The van der Waals surface area contributed by atoms with Gasteiger partial charge < -0.3 is 23.5 Å². The highest BCUT2D eigenvalue weighted by Crippen LogP contribution is 2.45. The van der Waals surface area contributed by atoms with E-state index in [1.165, 1.54) is 36.8 Å². The zero-order valence-electron chi connectivity index (χ0n) is 26.7. The van der Waals surface area contributed by atoms with Gasteiger partial charge in [0, 0.05) is 41.4 Å². The maximum absolute atomic E-state index is 14.4. The Kier molecular flexibility index (Phi) is 10.2. The van der Waals surface area contributed by atoms with E-state index in [9.17, 15) is 18.0 Å². The quantitative estimate of drug-likeness (QED) is 0.220. The summed E-state index contributed by atoms with van der Waals surface area (Å²) in [6.45, 7) is 0.550. The van der Waals surface area contributed by atoms with E-state index >= 15 is 0 Å². The molecule has 2 aromatic carbocycles. The van der Waals surface area contributed by atoms with Gasteiger partial charge in [0.15, 0.2) is 28.3 Å². The van der Waals surface area contributed by atoms with Gasteiger partial charge in [0.05, 0.1) is 38.2 Å². The van der Waals surface area contributed by atoms with E-state index in [0.29, 0.717) is 35.2 Å². The van der Waals surface area contributed by atoms with Crippen molar-refractivity contribution >= 4 is 33.0 Å². The van der Waals surface area contributed by atoms with Gasteiger partial charge in [0.1, 0.15) is 16.2 Å². The molecule has 2 aliphatic rings. The number of benzene rings is 2. The van der Waals surface area contributed by atoms with Crippen molar-refractivity contribution in [1.29, 1.82) is 0 Å². The molecular weight excluding hydrogens is 659 g/mol. The topological polar surface area (TPSA) is 146 Å². The van der Waals surface area contributed by atoms with Gasteiger partial charge in [-0.3, -0.25) is 9.59 Å². The lowest BCUT2D eigenvalue weighted by molar-refractivity contribution is -0.200. The van der Waals surface area contributed by atoms with E-state index in [4.69, 9.17) is 23.5 Å². The number of hydrogen-bond acceptors (Lipinski definition) is 11. The molecule has 2 fully saturated rings. The van der Waals surface area contributed by atoms with Crippen LogP contribution in [0.15, 0.2) is 71.6 Å². The van der Waals surface area contributed by atoms with Gasteiger partial charge in [-0.25, -0.2) is 23.7 Å². The number of aromatic nitrogens is 1. The molecule has 2 unspecified atom stereocenters. The molecule has 4 heterocycles. The zero-order valence-corrected chi connectivity index (χ0v) is 28.3. The average Bonchev–Trinajstić information content (AvgIpc) is 3.82. The molecule has 14 heteroatoms. The smallest absolute Gasteiger partial charge is 0.257 e. The summed E-state index contributed by atoms with van der Waals surface area (Å²) < 4.78 is 48.9. The number of hydrogen-bond donors (Lipinski definition) is 1. The summed E-state index contributed by atoms with van der Waals surface area (Å²) in [6.07, 6.45) is 4.44. The molecule has 2 amide bonds. The molecule has 4 aromatic rings. The third kappa shape index (κ3) is 6.97. The Labute approximate surface area is 282 Å². The first-order valence-electron chi connectivity index (χ1n) is 15.6. The molecule has 2 aromatic heterocycles. The third-order valence-electron chi connectivity index (χ3n) is 8.76. The van der Waals surface area contributed by atoms with Crippen LogP contribution in [-0.4, -0.2) is 76.1 Å². The zero-order chi connectivity index (χ0) is 33.7. The molecule has 2 aliphatic heterocycles. The van der Waals surface area contributed by atoms with Crippen LogP contribution in [-0.2, 0) is 29.0 Å². The average molecular weight is 696 g/mol. The van der Waals surface area contributed by atoms with Gasteiger partial charge in [-0.15, -0.1) is 11.3 Å². The largest absolute Gasteiger partial charge is 0.497 e.